The summed E-state index contributed by atoms with van der Waals surface area (Å²) in [6, 6.07) is 3.31. The minimum atomic E-state index is -4.63. The highest BCUT2D eigenvalue weighted by Crippen LogP contribution is 2.35. The Morgan fingerprint density at radius 3 is 2.52 bits per heavy atom. The number of esters is 1. The van der Waals surface area contributed by atoms with Crippen molar-refractivity contribution in [2.24, 2.45) is 0 Å². The predicted molar refractivity (Wildman–Crippen MR) is 73.1 cm³/mol. The van der Waals surface area contributed by atoms with Gasteiger partial charge in [-0.3, -0.25) is 0 Å². The molecular weight excluding hydrogens is 335 g/mol. The van der Waals surface area contributed by atoms with Gasteiger partial charge in [0.15, 0.2) is 0 Å². The van der Waals surface area contributed by atoms with Crippen LogP contribution in [0.15, 0.2) is 23.1 Å². The number of sulfonamides is 1. The molecule has 0 atom stereocenters. The molecule has 2 aliphatic rings. The number of benzene rings is 1. The maximum absolute atomic E-state index is 12.8. The number of cyclic esters (lactones) is 1. The molecule has 0 saturated heterocycles. The monoisotopic (exact) mass is 349 g/mol. The molecule has 1 aromatic rings. The van der Waals surface area contributed by atoms with Crippen molar-refractivity contribution in [3.05, 3.63) is 29.3 Å². The maximum Gasteiger partial charge on any atom is 0.402 e. The molecule has 0 N–H and O–H groups in total. The van der Waals surface area contributed by atoms with Crippen LogP contribution >= 0.6 is 0 Å². The molecule has 1 heterocycles. The third-order valence-corrected chi connectivity index (χ3v) is 6.09. The topological polar surface area (TPSA) is 63.7 Å². The van der Waals surface area contributed by atoms with Gasteiger partial charge in [-0.2, -0.15) is 17.5 Å². The van der Waals surface area contributed by atoms with Crippen LogP contribution in [0.25, 0.3) is 0 Å². The molecule has 9 heteroatoms. The Labute approximate surface area is 131 Å². The Bertz CT molecular complexity index is 741. The van der Waals surface area contributed by atoms with E-state index < -0.39 is 34.8 Å². The van der Waals surface area contributed by atoms with Gasteiger partial charge in [0.1, 0.15) is 13.2 Å². The van der Waals surface area contributed by atoms with Crippen molar-refractivity contribution in [2.45, 2.75) is 43.0 Å². The molecule has 0 amide bonds. The molecule has 1 aliphatic carbocycles. The molecule has 126 valence electrons. The van der Waals surface area contributed by atoms with Crippen LogP contribution in [0.5, 0.6) is 0 Å². The lowest BCUT2D eigenvalue weighted by molar-refractivity contribution is -0.141. The standard InChI is InChI=1S/C14H14F3NO4S/c15-14(16,17)8-18(9-3-1-4-9)23(20,21)12-6-2-5-10-11(12)7-22-13(10)19/h2,5-6,9H,1,3-4,7-8H2. The van der Waals surface area contributed by atoms with E-state index in [2.05, 4.69) is 0 Å². The Kier molecular flexibility index (Phi) is 3.88. The second kappa shape index (κ2) is 5.48. The molecule has 23 heavy (non-hydrogen) atoms. The second-order valence-electron chi connectivity index (χ2n) is 5.61. The minimum Gasteiger partial charge on any atom is -0.457 e. The summed E-state index contributed by atoms with van der Waals surface area (Å²) < 4.78 is 69.3. The Morgan fingerprint density at radius 1 is 1.26 bits per heavy atom. The molecule has 0 unspecified atom stereocenters. The summed E-state index contributed by atoms with van der Waals surface area (Å²) in [5, 5.41) is 0. The summed E-state index contributed by atoms with van der Waals surface area (Å²) in [6.07, 6.45) is -3.13. The number of fused-ring (bicyclic) bond motifs is 1. The first-order valence-electron chi connectivity index (χ1n) is 7.08. The van der Waals surface area contributed by atoms with Crippen molar-refractivity contribution < 1.29 is 31.1 Å². The Morgan fingerprint density at radius 2 is 1.96 bits per heavy atom. The largest absolute Gasteiger partial charge is 0.457 e. The normalized spacial score (nSPS) is 18.7. The molecule has 3 rings (SSSR count). The first-order valence-corrected chi connectivity index (χ1v) is 8.52. The SMILES string of the molecule is O=C1OCc2c1cccc2S(=O)(=O)N(CC(F)(F)F)C1CCC1. The van der Waals surface area contributed by atoms with Gasteiger partial charge in [-0.25, -0.2) is 13.2 Å². The molecule has 1 saturated carbocycles. The van der Waals surface area contributed by atoms with Crippen LogP contribution in [0.1, 0.15) is 35.2 Å². The van der Waals surface area contributed by atoms with Gasteiger partial charge < -0.3 is 4.74 Å². The molecule has 5 nitrogen and oxygen atoms in total. The summed E-state index contributed by atoms with van der Waals surface area (Å²) in [7, 11) is -4.36. The Balaban J connectivity index is 2.04. The number of halogens is 3. The van der Waals surface area contributed by atoms with E-state index in [-0.39, 0.29) is 22.6 Å². The molecule has 0 radical (unpaired) electrons. The highest BCUT2D eigenvalue weighted by atomic mass is 32.2. The van der Waals surface area contributed by atoms with Gasteiger partial charge >= 0.3 is 12.1 Å². The van der Waals surface area contributed by atoms with Crippen molar-refractivity contribution in [2.75, 3.05) is 6.54 Å². The van der Waals surface area contributed by atoms with Crippen molar-refractivity contribution in [3.63, 3.8) is 0 Å². The highest BCUT2D eigenvalue weighted by molar-refractivity contribution is 7.89. The van der Waals surface area contributed by atoms with Gasteiger partial charge in [0.05, 0.1) is 10.5 Å². The van der Waals surface area contributed by atoms with Crippen LogP contribution in [-0.4, -0.2) is 37.5 Å². The van der Waals surface area contributed by atoms with Crippen LogP contribution < -0.4 is 0 Å². The van der Waals surface area contributed by atoms with Gasteiger partial charge in [-0.1, -0.05) is 12.5 Å². The van der Waals surface area contributed by atoms with E-state index in [1.165, 1.54) is 18.2 Å². The zero-order valence-corrected chi connectivity index (χ0v) is 12.8. The van der Waals surface area contributed by atoms with Crippen LogP contribution in [0.2, 0.25) is 0 Å². The number of carbonyl (C=O) groups excluding carboxylic acids is 1. The summed E-state index contributed by atoms with van der Waals surface area (Å²) in [4.78, 5) is 11.3. The fourth-order valence-electron chi connectivity index (χ4n) is 2.75. The van der Waals surface area contributed by atoms with E-state index in [0.717, 1.165) is 0 Å². The Hall–Kier alpha value is -1.61. The summed E-state index contributed by atoms with van der Waals surface area (Å²) in [5.41, 5.74) is 0.218. The van der Waals surface area contributed by atoms with Crippen LogP contribution in [0.3, 0.4) is 0 Å². The van der Waals surface area contributed by atoms with Gasteiger partial charge in [-0.15, -0.1) is 0 Å². The first kappa shape index (κ1) is 16.3. The van der Waals surface area contributed by atoms with E-state index >= 15 is 0 Å². The summed E-state index contributed by atoms with van der Waals surface area (Å²) in [6.45, 7) is -1.77. The van der Waals surface area contributed by atoms with E-state index in [1.807, 2.05) is 0 Å². The molecule has 1 fully saturated rings. The molecule has 1 aliphatic heterocycles. The van der Waals surface area contributed by atoms with Crippen LogP contribution in [-0.2, 0) is 21.4 Å². The van der Waals surface area contributed by atoms with Crippen molar-refractivity contribution >= 4 is 16.0 Å². The van der Waals surface area contributed by atoms with Gasteiger partial charge in [-0.05, 0) is 25.0 Å². The average molecular weight is 349 g/mol. The van der Waals surface area contributed by atoms with Gasteiger partial charge in [0.2, 0.25) is 10.0 Å². The van der Waals surface area contributed by atoms with Crippen molar-refractivity contribution in [1.29, 1.82) is 0 Å². The lowest BCUT2D eigenvalue weighted by atomic mass is 9.93. The fourth-order valence-corrected chi connectivity index (χ4v) is 4.65. The third kappa shape index (κ3) is 2.94. The molecule has 0 aromatic heterocycles. The predicted octanol–water partition coefficient (Wildman–Crippen LogP) is 2.46. The van der Waals surface area contributed by atoms with Gasteiger partial charge in [0.25, 0.3) is 0 Å². The summed E-state index contributed by atoms with van der Waals surface area (Å²) in [5.74, 6) is -0.664. The van der Waals surface area contributed by atoms with Crippen LogP contribution in [0.4, 0.5) is 13.2 Å². The fraction of sp³-hybridized carbons (Fsp3) is 0.500. The molecule has 1 aromatic carbocycles. The number of rotatable bonds is 4. The van der Waals surface area contributed by atoms with Crippen LogP contribution in [0, 0.1) is 0 Å². The molecule has 0 bridgehead atoms. The van der Waals surface area contributed by atoms with E-state index in [4.69, 9.17) is 4.74 Å². The van der Waals surface area contributed by atoms with Gasteiger partial charge in [0, 0.05) is 11.6 Å². The maximum atomic E-state index is 12.8. The zero-order chi connectivity index (χ0) is 16.8. The van der Waals surface area contributed by atoms with Crippen molar-refractivity contribution in [1.82, 2.24) is 4.31 Å². The first-order chi connectivity index (χ1) is 10.7. The number of hydrogen-bond donors (Lipinski definition) is 0. The molecule has 0 spiro atoms. The number of nitrogens with zero attached hydrogens (tertiary/aromatic N) is 1. The minimum absolute atomic E-state index is 0.0895. The van der Waals surface area contributed by atoms with E-state index in [9.17, 15) is 26.4 Å². The average Bonchev–Trinajstić information content (AvgIpc) is 2.76. The van der Waals surface area contributed by atoms with E-state index in [1.54, 1.807) is 0 Å². The highest BCUT2D eigenvalue weighted by Gasteiger charge is 2.44. The van der Waals surface area contributed by atoms with E-state index in [0.29, 0.717) is 23.6 Å². The lowest BCUT2D eigenvalue weighted by Crippen LogP contribution is -2.48. The number of alkyl halides is 3. The second-order valence-corrected chi connectivity index (χ2v) is 7.47. The quantitative estimate of drug-likeness (QED) is 0.784. The third-order valence-electron chi connectivity index (χ3n) is 4.10. The lowest BCUT2D eigenvalue weighted by Gasteiger charge is -2.37. The molecular formula is C14H14F3NO4S. The number of ether oxygens (including phenoxy) is 1. The zero-order valence-electron chi connectivity index (χ0n) is 12.0. The summed E-state index contributed by atoms with van der Waals surface area (Å²) >= 11 is 0. The van der Waals surface area contributed by atoms with Crippen molar-refractivity contribution in [3.8, 4) is 0 Å². The smallest absolute Gasteiger partial charge is 0.402 e. The number of carbonyl (C=O) groups is 1. The number of hydrogen-bond acceptors (Lipinski definition) is 4.